The van der Waals surface area contributed by atoms with E-state index in [2.05, 4.69) is 13.8 Å². The summed E-state index contributed by atoms with van der Waals surface area (Å²) in [5.74, 6) is -0.154. The van der Waals surface area contributed by atoms with Gasteiger partial charge in [0.05, 0.1) is 24.9 Å². The summed E-state index contributed by atoms with van der Waals surface area (Å²) >= 11 is 0. The number of allylic oxidation sites excluding steroid dienone is 7. The molecular weight excluding hydrogens is 572 g/mol. The highest BCUT2D eigenvalue weighted by atomic mass is 16.6. The minimum atomic E-state index is -1.09. The van der Waals surface area contributed by atoms with Crippen molar-refractivity contribution in [2.45, 2.75) is 141 Å². The second kappa shape index (κ2) is 30.2. The standard InChI is InChI=1S/C37H62O8/c1-4-5-16-23-32(39)24-18-13-10-11-14-19-25-34(40)35(41)26-21-28-37(43)45-33(29-38)30-44-36(42)27-20-15-9-7-6-8-12-17-22-31(2)3/h5,10-11,13-14,16,18-19,24-25,31-35,38-41H,4,6-9,12,15,17,20-23,26-30H2,1-3H3/b13-10+,14-11-,16-5-,24-18+,25-19-/t32-,33-,34+,35+/m0/s1. The van der Waals surface area contributed by atoms with E-state index in [4.69, 9.17) is 9.47 Å². The molecule has 0 saturated carbocycles. The molecule has 0 saturated heterocycles. The van der Waals surface area contributed by atoms with E-state index >= 15 is 0 Å². The minimum Gasteiger partial charge on any atom is -0.462 e. The van der Waals surface area contributed by atoms with Crippen molar-refractivity contribution in [3.05, 3.63) is 60.8 Å². The van der Waals surface area contributed by atoms with E-state index in [0.717, 1.165) is 31.6 Å². The first kappa shape index (κ1) is 42.5. The molecule has 258 valence electrons. The van der Waals surface area contributed by atoms with Crippen molar-refractivity contribution in [2.24, 2.45) is 5.92 Å². The van der Waals surface area contributed by atoms with Crippen molar-refractivity contribution in [3.8, 4) is 0 Å². The molecule has 45 heavy (non-hydrogen) atoms. The third-order valence-electron chi connectivity index (χ3n) is 7.10. The highest BCUT2D eigenvalue weighted by Crippen LogP contribution is 2.13. The average Bonchev–Trinajstić information content (AvgIpc) is 3.01. The van der Waals surface area contributed by atoms with E-state index < -0.39 is 37.0 Å². The zero-order chi connectivity index (χ0) is 33.5. The van der Waals surface area contributed by atoms with Gasteiger partial charge in [0.2, 0.25) is 0 Å². The van der Waals surface area contributed by atoms with Crippen LogP contribution >= 0.6 is 0 Å². The molecule has 0 radical (unpaired) electrons. The number of hydrogen-bond donors (Lipinski definition) is 4. The number of carbonyl (C=O) groups excluding carboxylic acids is 2. The van der Waals surface area contributed by atoms with Gasteiger partial charge in [0.25, 0.3) is 0 Å². The lowest BCUT2D eigenvalue weighted by Gasteiger charge is -2.17. The van der Waals surface area contributed by atoms with Crippen LogP contribution in [0.4, 0.5) is 0 Å². The smallest absolute Gasteiger partial charge is 0.306 e. The van der Waals surface area contributed by atoms with Crippen LogP contribution in [0.2, 0.25) is 0 Å². The number of carbonyl (C=O) groups is 2. The molecule has 4 atom stereocenters. The van der Waals surface area contributed by atoms with Gasteiger partial charge in [0, 0.05) is 12.8 Å². The molecule has 0 bridgehead atoms. The molecule has 0 unspecified atom stereocenters. The second-order valence-electron chi connectivity index (χ2n) is 11.9. The van der Waals surface area contributed by atoms with Crippen molar-refractivity contribution in [1.29, 1.82) is 0 Å². The fourth-order valence-corrected chi connectivity index (χ4v) is 4.37. The maximum absolute atomic E-state index is 12.1. The molecule has 0 aliphatic heterocycles. The summed E-state index contributed by atoms with van der Waals surface area (Å²) in [5, 5.41) is 39.5. The number of ether oxygens (including phenoxy) is 2. The first-order valence-corrected chi connectivity index (χ1v) is 17.0. The molecular formula is C37H62O8. The lowest BCUT2D eigenvalue weighted by Crippen LogP contribution is -2.29. The van der Waals surface area contributed by atoms with E-state index in [1.54, 1.807) is 42.5 Å². The molecule has 0 aromatic rings. The zero-order valence-corrected chi connectivity index (χ0v) is 28.1. The molecule has 8 nitrogen and oxygen atoms in total. The highest BCUT2D eigenvalue weighted by Gasteiger charge is 2.18. The Morgan fingerprint density at radius 2 is 1.27 bits per heavy atom. The van der Waals surface area contributed by atoms with Gasteiger partial charge >= 0.3 is 11.9 Å². The van der Waals surface area contributed by atoms with E-state index in [9.17, 15) is 30.0 Å². The van der Waals surface area contributed by atoms with Gasteiger partial charge in [0.1, 0.15) is 6.61 Å². The molecule has 0 amide bonds. The third-order valence-corrected chi connectivity index (χ3v) is 7.10. The van der Waals surface area contributed by atoms with Crippen LogP contribution in [0, 0.1) is 5.92 Å². The summed E-state index contributed by atoms with van der Waals surface area (Å²) < 4.78 is 10.4. The Kier molecular flexibility index (Phi) is 28.5. The van der Waals surface area contributed by atoms with Crippen LogP contribution in [0.15, 0.2) is 60.8 Å². The zero-order valence-electron chi connectivity index (χ0n) is 28.1. The van der Waals surface area contributed by atoms with Crippen molar-refractivity contribution in [2.75, 3.05) is 13.2 Å². The molecule has 0 aromatic carbocycles. The third kappa shape index (κ3) is 28.7. The van der Waals surface area contributed by atoms with Crippen molar-refractivity contribution in [1.82, 2.24) is 0 Å². The van der Waals surface area contributed by atoms with Gasteiger partial charge in [-0.1, -0.05) is 133 Å². The Morgan fingerprint density at radius 3 is 1.89 bits per heavy atom. The molecule has 8 heteroatoms. The van der Waals surface area contributed by atoms with Crippen LogP contribution in [0.3, 0.4) is 0 Å². The largest absolute Gasteiger partial charge is 0.462 e. The molecule has 0 aromatic heterocycles. The number of unbranched alkanes of at least 4 members (excludes halogenated alkanes) is 7. The van der Waals surface area contributed by atoms with Crippen molar-refractivity contribution >= 4 is 11.9 Å². The topological polar surface area (TPSA) is 134 Å². The maximum Gasteiger partial charge on any atom is 0.306 e. The van der Waals surface area contributed by atoms with Crippen molar-refractivity contribution < 1.29 is 39.5 Å². The van der Waals surface area contributed by atoms with Crippen LogP contribution in [-0.2, 0) is 19.1 Å². The lowest BCUT2D eigenvalue weighted by molar-refractivity contribution is -0.161. The van der Waals surface area contributed by atoms with Gasteiger partial charge in [0.15, 0.2) is 6.10 Å². The summed E-state index contributed by atoms with van der Waals surface area (Å²) in [6, 6.07) is 0. The molecule has 0 aliphatic carbocycles. The first-order chi connectivity index (χ1) is 21.7. The SMILES string of the molecule is CC/C=C\C[C@H](O)/C=C/C=C/C=C\C=C/[C@@H](O)[C@H](O)CCCC(=O)O[C@@H](CO)COC(=O)CCCCCCCCCCC(C)C. The van der Waals surface area contributed by atoms with Crippen molar-refractivity contribution in [3.63, 3.8) is 0 Å². The lowest BCUT2D eigenvalue weighted by atomic mass is 10.0. The predicted octanol–water partition coefficient (Wildman–Crippen LogP) is 6.82. The highest BCUT2D eigenvalue weighted by molar-refractivity contribution is 5.70. The van der Waals surface area contributed by atoms with Gasteiger partial charge in [-0.2, -0.15) is 0 Å². The van der Waals surface area contributed by atoms with Gasteiger partial charge in [-0.05, 0) is 38.0 Å². The predicted molar refractivity (Wildman–Crippen MR) is 181 cm³/mol. The Morgan fingerprint density at radius 1 is 0.689 bits per heavy atom. The van der Waals surface area contributed by atoms with E-state index in [1.165, 1.54) is 44.6 Å². The molecule has 4 N–H and O–H groups in total. The normalized spacial score (nSPS) is 15.2. The summed E-state index contributed by atoms with van der Waals surface area (Å²) in [5.41, 5.74) is 0. The fraction of sp³-hybridized carbons (Fsp3) is 0.676. The van der Waals surface area contributed by atoms with E-state index in [-0.39, 0.29) is 31.8 Å². The number of esters is 2. The Hall–Kier alpha value is -2.52. The first-order valence-electron chi connectivity index (χ1n) is 17.0. The number of aliphatic hydroxyl groups is 4. The molecule has 0 rings (SSSR count). The summed E-state index contributed by atoms with van der Waals surface area (Å²) in [7, 11) is 0. The fourth-order valence-electron chi connectivity index (χ4n) is 4.37. The number of rotatable bonds is 28. The molecule has 0 fully saturated rings. The Labute approximate surface area is 272 Å². The van der Waals surface area contributed by atoms with Gasteiger partial charge in [-0.15, -0.1) is 0 Å². The minimum absolute atomic E-state index is 0.00251. The summed E-state index contributed by atoms with van der Waals surface area (Å²) in [6.07, 6.45) is 26.7. The summed E-state index contributed by atoms with van der Waals surface area (Å²) in [4.78, 5) is 24.2. The van der Waals surface area contributed by atoms with Gasteiger partial charge in [-0.3, -0.25) is 9.59 Å². The number of hydrogen-bond acceptors (Lipinski definition) is 8. The average molecular weight is 635 g/mol. The monoisotopic (exact) mass is 634 g/mol. The molecule has 0 aliphatic rings. The quantitative estimate of drug-likeness (QED) is 0.0319. The van der Waals surface area contributed by atoms with E-state index in [1.807, 2.05) is 19.1 Å². The molecule has 0 spiro atoms. The van der Waals surface area contributed by atoms with E-state index in [0.29, 0.717) is 12.8 Å². The van der Waals surface area contributed by atoms with Crippen LogP contribution in [0.25, 0.3) is 0 Å². The summed E-state index contributed by atoms with van der Waals surface area (Å²) in [6.45, 7) is 5.91. The Bertz CT molecular complexity index is 874. The van der Waals surface area contributed by atoms with Crippen LogP contribution in [0.5, 0.6) is 0 Å². The number of aliphatic hydroxyl groups excluding tert-OH is 4. The van der Waals surface area contributed by atoms with Crippen LogP contribution in [0.1, 0.15) is 117 Å². The van der Waals surface area contributed by atoms with Gasteiger partial charge in [-0.25, -0.2) is 0 Å². The van der Waals surface area contributed by atoms with Gasteiger partial charge < -0.3 is 29.9 Å². The second-order valence-corrected chi connectivity index (χ2v) is 11.9. The molecule has 0 heterocycles. The van der Waals surface area contributed by atoms with Crippen LogP contribution in [-0.4, -0.2) is 70.0 Å². The van der Waals surface area contributed by atoms with Crippen LogP contribution < -0.4 is 0 Å². The maximum atomic E-state index is 12.1. The Balaban J connectivity index is 4.03.